The zero-order chi connectivity index (χ0) is 13.3. The molecule has 0 spiro atoms. The molecule has 1 aliphatic heterocycles. The molecule has 0 bridgehead atoms. The molecule has 2 rings (SSSR count). The fourth-order valence-corrected chi connectivity index (χ4v) is 2.12. The van der Waals surface area contributed by atoms with Gasteiger partial charge in [0.25, 0.3) is 0 Å². The highest BCUT2D eigenvalue weighted by atomic mass is 35.5. The molecule has 2 unspecified atom stereocenters. The second-order valence-corrected chi connectivity index (χ2v) is 4.56. The summed E-state index contributed by atoms with van der Waals surface area (Å²) in [5, 5.41) is 11.0. The lowest BCUT2D eigenvalue weighted by Crippen LogP contribution is -2.22. The minimum atomic E-state index is -1.13. The monoisotopic (exact) mass is 288 g/mol. The van der Waals surface area contributed by atoms with Crippen molar-refractivity contribution in [3.8, 4) is 0 Å². The molecule has 1 aromatic carbocycles. The van der Waals surface area contributed by atoms with Gasteiger partial charge in [-0.15, -0.1) is 0 Å². The number of ether oxygens (including phenoxy) is 2. The Balaban J connectivity index is 2.31. The predicted molar refractivity (Wildman–Crippen MR) is 66.4 cm³/mol. The normalized spacial score (nSPS) is 20.3. The van der Waals surface area contributed by atoms with Gasteiger partial charge in [-0.05, 0) is 18.2 Å². The Labute approximate surface area is 114 Å². The number of carbonyl (C=O) groups excluding carboxylic acids is 1. The smallest absolute Gasteiger partial charge is 0.335 e. The maximum Gasteiger partial charge on any atom is 0.335 e. The molecule has 96 valence electrons. The van der Waals surface area contributed by atoms with Crippen LogP contribution < -0.4 is 0 Å². The average molecular weight is 289 g/mol. The highest BCUT2D eigenvalue weighted by Crippen LogP contribution is 2.34. The lowest BCUT2D eigenvalue weighted by Gasteiger charge is -2.20. The minimum Gasteiger partial charge on any atom is -0.497 e. The zero-order valence-corrected chi connectivity index (χ0v) is 10.9. The van der Waals surface area contributed by atoms with Crippen LogP contribution in [0.15, 0.2) is 30.0 Å². The minimum absolute atomic E-state index is 0.253. The zero-order valence-electron chi connectivity index (χ0n) is 9.39. The van der Waals surface area contributed by atoms with Crippen molar-refractivity contribution in [2.45, 2.75) is 12.2 Å². The lowest BCUT2D eigenvalue weighted by molar-refractivity contribution is -0.144. The van der Waals surface area contributed by atoms with Gasteiger partial charge in [-0.3, -0.25) is 0 Å². The first kappa shape index (κ1) is 13.2. The van der Waals surface area contributed by atoms with E-state index in [2.05, 4.69) is 0 Å². The molecule has 2 atom stereocenters. The summed E-state index contributed by atoms with van der Waals surface area (Å²) in [4.78, 5) is 11.2. The van der Waals surface area contributed by atoms with Crippen molar-refractivity contribution < 1.29 is 19.4 Å². The van der Waals surface area contributed by atoms with Crippen LogP contribution >= 0.6 is 23.2 Å². The number of halogens is 2. The van der Waals surface area contributed by atoms with E-state index < -0.39 is 18.2 Å². The standard InChI is InChI=1S/C12H10Cl2O4/c1-17-9-5-10(15)18-12(9)11(16)7-4-6(13)2-3-8(7)14/h2-5,11-12,16H,1H3. The van der Waals surface area contributed by atoms with Crippen LogP contribution in [0.2, 0.25) is 10.0 Å². The molecule has 0 saturated carbocycles. The maximum atomic E-state index is 11.2. The molecule has 1 aromatic rings. The van der Waals surface area contributed by atoms with Crippen LogP contribution in [0.25, 0.3) is 0 Å². The number of aliphatic hydroxyl groups excluding tert-OH is 1. The van der Waals surface area contributed by atoms with Crippen LogP contribution in [0.5, 0.6) is 0 Å². The van der Waals surface area contributed by atoms with E-state index in [9.17, 15) is 9.90 Å². The van der Waals surface area contributed by atoms with E-state index >= 15 is 0 Å². The van der Waals surface area contributed by atoms with E-state index in [1.807, 2.05) is 0 Å². The lowest BCUT2D eigenvalue weighted by atomic mass is 10.0. The van der Waals surface area contributed by atoms with E-state index in [4.69, 9.17) is 32.7 Å². The van der Waals surface area contributed by atoms with E-state index in [0.29, 0.717) is 15.6 Å². The SMILES string of the molecule is COC1=CC(=O)OC1C(O)c1cc(Cl)ccc1Cl. The predicted octanol–water partition coefficient (Wildman–Crippen LogP) is 2.48. The number of hydrogen-bond donors (Lipinski definition) is 1. The van der Waals surface area contributed by atoms with E-state index in [1.54, 1.807) is 12.1 Å². The van der Waals surface area contributed by atoms with Gasteiger partial charge in [-0.2, -0.15) is 0 Å². The third-order valence-corrected chi connectivity index (χ3v) is 3.16. The van der Waals surface area contributed by atoms with Gasteiger partial charge in [-0.1, -0.05) is 23.2 Å². The second kappa shape index (κ2) is 5.18. The molecule has 4 nitrogen and oxygen atoms in total. The summed E-state index contributed by atoms with van der Waals surface area (Å²) >= 11 is 11.8. The van der Waals surface area contributed by atoms with Crippen molar-refractivity contribution in [1.82, 2.24) is 0 Å². The fraction of sp³-hybridized carbons (Fsp3) is 0.250. The van der Waals surface area contributed by atoms with E-state index in [1.165, 1.54) is 19.3 Å². The molecular weight excluding hydrogens is 279 g/mol. The largest absolute Gasteiger partial charge is 0.497 e. The Morgan fingerprint density at radius 3 is 2.83 bits per heavy atom. The molecule has 0 saturated heterocycles. The Bertz CT molecular complexity index is 513. The molecule has 0 amide bonds. The average Bonchev–Trinajstić information content (AvgIpc) is 2.72. The van der Waals surface area contributed by atoms with Crippen molar-refractivity contribution in [2.24, 2.45) is 0 Å². The van der Waals surface area contributed by atoms with Crippen molar-refractivity contribution in [3.63, 3.8) is 0 Å². The number of esters is 1. The third-order valence-electron chi connectivity index (χ3n) is 2.58. The van der Waals surface area contributed by atoms with Crippen LogP contribution in [-0.4, -0.2) is 24.3 Å². The summed E-state index contributed by atoms with van der Waals surface area (Å²) in [6.45, 7) is 0. The van der Waals surface area contributed by atoms with Gasteiger partial charge in [0.15, 0.2) is 6.10 Å². The maximum absolute atomic E-state index is 11.2. The van der Waals surface area contributed by atoms with Gasteiger partial charge in [0.05, 0.1) is 13.2 Å². The molecule has 6 heteroatoms. The molecule has 0 radical (unpaired) electrons. The van der Waals surface area contributed by atoms with Gasteiger partial charge in [0.2, 0.25) is 0 Å². The fourth-order valence-electron chi connectivity index (χ4n) is 1.71. The number of hydrogen-bond acceptors (Lipinski definition) is 4. The van der Waals surface area contributed by atoms with Crippen LogP contribution in [0.3, 0.4) is 0 Å². The molecule has 1 heterocycles. The van der Waals surface area contributed by atoms with Gasteiger partial charge in [0, 0.05) is 15.6 Å². The van der Waals surface area contributed by atoms with Gasteiger partial charge < -0.3 is 14.6 Å². The summed E-state index contributed by atoms with van der Waals surface area (Å²) in [5.41, 5.74) is 0.381. The van der Waals surface area contributed by atoms with Crippen LogP contribution in [0, 0.1) is 0 Å². The van der Waals surface area contributed by atoms with Crippen molar-refractivity contribution in [3.05, 3.63) is 45.6 Å². The van der Waals surface area contributed by atoms with Crippen molar-refractivity contribution >= 4 is 29.2 Å². The number of carbonyl (C=O) groups is 1. The number of cyclic esters (lactones) is 1. The Kier molecular flexibility index (Phi) is 3.80. The number of aliphatic hydroxyl groups is 1. The highest BCUT2D eigenvalue weighted by Gasteiger charge is 2.35. The Morgan fingerprint density at radius 2 is 2.17 bits per heavy atom. The van der Waals surface area contributed by atoms with Gasteiger partial charge >= 0.3 is 5.97 Å². The first-order chi connectivity index (χ1) is 8.52. The number of methoxy groups -OCH3 is 1. The van der Waals surface area contributed by atoms with Crippen molar-refractivity contribution in [2.75, 3.05) is 7.11 Å². The molecular formula is C12H10Cl2O4. The first-order valence-electron chi connectivity index (χ1n) is 5.12. The van der Waals surface area contributed by atoms with Crippen LogP contribution in [0.1, 0.15) is 11.7 Å². The number of benzene rings is 1. The topological polar surface area (TPSA) is 55.8 Å². The quantitative estimate of drug-likeness (QED) is 0.869. The highest BCUT2D eigenvalue weighted by molar-refractivity contribution is 6.33. The summed E-state index contributed by atoms with van der Waals surface area (Å²) < 4.78 is 9.95. The van der Waals surface area contributed by atoms with Crippen LogP contribution in [0.4, 0.5) is 0 Å². The Morgan fingerprint density at radius 1 is 1.44 bits per heavy atom. The first-order valence-corrected chi connectivity index (χ1v) is 5.87. The summed E-state index contributed by atoms with van der Waals surface area (Å²) in [5.74, 6) is -0.308. The van der Waals surface area contributed by atoms with Crippen LogP contribution in [-0.2, 0) is 14.3 Å². The third kappa shape index (κ3) is 2.46. The van der Waals surface area contributed by atoms with Crippen molar-refractivity contribution in [1.29, 1.82) is 0 Å². The second-order valence-electron chi connectivity index (χ2n) is 3.72. The summed E-state index contributed by atoms with van der Waals surface area (Å²) in [7, 11) is 1.40. The molecule has 1 N–H and O–H groups in total. The molecule has 0 fully saturated rings. The molecule has 18 heavy (non-hydrogen) atoms. The number of rotatable bonds is 3. The Hall–Kier alpha value is -1.23. The molecule has 0 aliphatic carbocycles. The van der Waals surface area contributed by atoms with Gasteiger partial charge in [0.1, 0.15) is 11.9 Å². The summed E-state index contributed by atoms with van der Waals surface area (Å²) in [6.07, 6.45) is -0.848. The molecule has 0 aromatic heterocycles. The summed E-state index contributed by atoms with van der Waals surface area (Å²) in [6, 6.07) is 4.69. The van der Waals surface area contributed by atoms with E-state index in [0.717, 1.165) is 0 Å². The van der Waals surface area contributed by atoms with E-state index in [-0.39, 0.29) is 5.76 Å². The molecule has 1 aliphatic rings. The van der Waals surface area contributed by atoms with Gasteiger partial charge in [-0.25, -0.2) is 4.79 Å².